The van der Waals surface area contributed by atoms with E-state index in [1.54, 1.807) is 0 Å². The van der Waals surface area contributed by atoms with Gasteiger partial charge in [0.25, 0.3) is 0 Å². The molecule has 0 aromatic heterocycles. The van der Waals surface area contributed by atoms with Crippen LogP contribution in [-0.2, 0) is 0 Å². The highest BCUT2D eigenvalue weighted by molar-refractivity contribution is 5.22. The molecule has 1 aromatic carbocycles. The Morgan fingerprint density at radius 3 is 2.07 bits per heavy atom. The molecular weight excluding hydrogens is 203 g/mol. The Morgan fingerprint density at radius 1 is 1.07 bits per heavy atom. The highest BCUT2D eigenvalue weighted by Gasteiger charge is 2.37. The molecule has 0 spiro atoms. The highest BCUT2D eigenvalue weighted by atomic mass is 19.4. The fourth-order valence-corrected chi connectivity index (χ4v) is 0.971. The lowest BCUT2D eigenvalue weighted by atomic mass is 10.0. The summed E-state index contributed by atoms with van der Waals surface area (Å²) >= 11 is 0. The molecule has 14 heavy (non-hydrogen) atoms. The van der Waals surface area contributed by atoms with E-state index in [0.29, 0.717) is 12.1 Å². The van der Waals surface area contributed by atoms with E-state index in [1.807, 2.05) is 0 Å². The lowest BCUT2D eigenvalue weighted by Crippen LogP contribution is -2.17. The predicted molar refractivity (Wildman–Crippen MR) is 40.8 cm³/mol. The van der Waals surface area contributed by atoms with Gasteiger partial charge in [-0.05, 0) is 24.6 Å². The standard InChI is InChI=1S/C9H7F5/c1-5(9(12,13)14)6-2-3-7(10)8(11)4-6/h2-5H,1H3. The number of benzene rings is 1. The minimum atomic E-state index is -4.44. The van der Waals surface area contributed by atoms with Gasteiger partial charge in [-0.1, -0.05) is 6.07 Å². The van der Waals surface area contributed by atoms with Gasteiger partial charge in [-0.15, -0.1) is 0 Å². The maximum absolute atomic E-state index is 12.6. The maximum Gasteiger partial charge on any atom is 0.395 e. The van der Waals surface area contributed by atoms with Crippen LogP contribution in [0.1, 0.15) is 18.4 Å². The Labute approximate surface area is 77.4 Å². The summed E-state index contributed by atoms with van der Waals surface area (Å²) in [6, 6.07) is 2.18. The van der Waals surface area contributed by atoms with Crippen molar-refractivity contribution in [3.63, 3.8) is 0 Å². The van der Waals surface area contributed by atoms with E-state index < -0.39 is 23.7 Å². The minimum Gasteiger partial charge on any atom is -0.204 e. The van der Waals surface area contributed by atoms with Gasteiger partial charge in [-0.2, -0.15) is 13.2 Å². The van der Waals surface area contributed by atoms with Crippen molar-refractivity contribution in [1.29, 1.82) is 0 Å². The molecule has 0 aliphatic rings. The summed E-state index contributed by atoms with van der Waals surface area (Å²) in [6.07, 6.45) is -4.44. The van der Waals surface area contributed by atoms with Crippen molar-refractivity contribution in [3.05, 3.63) is 35.4 Å². The zero-order chi connectivity index (χ0) is 10.9. The van der Waals surface area contributed by atoms with Crippen LogP contribution in [0, 0.1) is 11.6 Å². The Bertz CT molecular complexity index is 328. The van der Waals surface area contributed by atoms with E-state index in [4.69, 9.17) is 0 Å². The summed E-state index contributed by atoms with van der Waals surface area (Å²) in [5, 5.41) is 0. The van der Waals surface area contributed by atoms with E-state index in [2.05, 4.69) is 0 Å². The first-order chi connectivity index (χ1) is 6.32. The van der Waals surface area contributed by atoms with Crippen molar-refractivity contribution in [1.82, 2.24) is 0 Å². The molecular formula is C9H7F5. The minimum absolute atomic E-state index is 0.281. The van der Waals surface area contributed by atoms with Gasteiger partial charge in [0.2, 0.25) is 0 Å². The molecule has 0 saturated carbocycles. The number of halogens is 5. The zero-order valence-corrected chi connectivity index (χ0v) is 7.20. The van der Waals surface area contributed by atoms with E-state index >= 15 is 0 Å². The first-order valence-corrected chi connectivity index (χ1v) is 3.84. The molecule has 0 saturated heterocycles. The van der Waals surface area contributed by atoms with Crippen molar-refractivity contribution in [2.45, 2.75) is 19.0 Å². The largest absolute Gasteiger partial charge is 0.395 e. The van der Waals surface area contributed by atoms with Gasteiger partial charge in [-0.25, -0.2) is 8.78 Å². The molecule has 0 N–H and O–H groups in total. The number of rotatable bonds is 1. The molecule has 0 heterocycles. The van der Waals surface area contributed by atoms with E-state index in [0.717, 1.165) is 13.0 Å². The van der Waals surface area contributed by atoms with Gasteiger partial charge in [-0.3, -0.25) is 0 Å². The molecule has 1 unspecified atom stereocenters. The van der Waals surface area contributed by atoms with Gasteiger partial charge in [0, 0.05) is 0 Å². The molecule has 0 aliphatic carbocycles. The molecule has 0 bridgehead atoms. The second kappa shape index (κ2) is 3.55. The average molecular weight is 210 g/mol. The molecule has 5 heteroatoms. The fourth-order valence-electron chi connectivity index (χ4n) is 0.971. The second-order valence-electron chi connectivity index (χ2n) is 2.94. The molecule has 0 amide bonds. The summed E-state index contributed by atoms with van der Waals surface area (Å²) in [7, 11) is 0. The topological polar surface area (TPSA) is 0 Å². The van der Waals surface area contributed by atoms with Crippen molar-refractivity contribution in [2.75, 3.05) is 0 Å². The van der Waals surface area contributed by atoms with Crippen LogP contribution in [0.3, 0.4) is 0 Å². The van der Waals surface area contributed by atoms with Crippen LogP contribution in [0.15, 0.2) is 18.2 Å². The molecule has 78 valence electrons. The van der Waals surface area contributed by atoms with Crippen LogP contribution in [0.5, 0.6) is 0 Å². The fraction of sp³-hybridized carbons (Fsp3) is 0.333. The summed E-state index contributed by atoms with van der Waals surface area (Å²) in [5.74, 6) is -4.21. The molecule has 1 aromatic rings. The van der Waals surface area contributed by atoms with Crippen LogP contribution in [0.25, 0.3) is 0 Å². The van der Waals surface area contributed by atoms with Gasteiger partial charge in [0.15, 0.2) is 11.6 Å². The van der Waals surface area contributed by atoms with E-state index in [9.17, 15) is 22.0 Å². The normalized spacial score (nSPS) is 14.1. The maximum atomic E-state index is 12.6. The Morgan fingerprint density at radius 2 is 1.64 bits per heavy atom. The Balaban J connectivity index is 3.03. The van der Waals surface area contributed by atoms with Crippen molar-refractivity contribution in [3.8, 4) is 0 Å². The smallest absolute Gasteiger partial charge is 0.204 e. The van der Waals surface area contributed by atoms with Crippen LogP contribution in [0.2, 0.25) is 0 Å². The Kier molecular flexibility index (Phi) is 2.78. The third-order valence-electron chi connectivity index (χ3n) is 1.93. The lowest BCUT2D eigenvalue weighted by molar-refractivity contribution is -0.146. The highest BCUT2D eigenvalue weighted by Crippen LogP contribution is 2.34. The lowest BCUT2D eigenvalue weighted by Gasteiger charge is -2.15. The van der Waals surface area contributed by atoms with Crippen molar-refractivity contribution in [2.24, 2.45) is 0 Å². The third-order valence-corrected chi connectivity index (χ3v) is 1.93. The number of hydrogen-bond donors (Lipinski definition) is 0. The predicted octanol–water partition coefficient (Wildman–Crippen LogP) is 3.63. The number of alkyl halides is 3. The van der Waals surface area contributed by atoms with Crippen molar-refractivity contribution >= 4 is 0 Å². The molecule has 1 atom stereocenters. The van der Waals surface area contributed by atoms with Crippen LogP contribution >= 0.6 is 0 Å². The molecule has 1 rings (SSSR count). The molecule has 0 radical (unpaired) electrons. The Hall–Kier alpha value is -1.13. The first-order valence-electron chi connectivity index (χ1n) is 3.84. The van der Waals surface area contributed by atoms with E-state index in [-0.39, 0.29) is 5.56 Å². The van der Waals surface area contributed by atoms with Gasteiger partial charge < -0.3 is 0 Å². The zero-order valence-electron chi connectivity index (χ0n) is 7.20. The summed E-state index contributed by atoms with van der Waals surface area (Å²) in [5.41, 5.74) is -0.281. The van der Waals surface area contributed by atoms with E-state index in [1.165, 1.54) is 0 Å². The summed E-state index contributed by atoms with van der Waals surface area (Å²) in [6.45, 7) is 0.896. The van der Waals surface area contributed by atoms with Crippen molar-refractivity contribution < 1.29 is 22.0 Å². The monoisotopic (exact) mass is 210 g/mol. The molecule has 0 aliphatic heterocycles. The van der Waals surface area contributed by atoms with Gasteiger partial charge in [0.05, 0.1) is 5.92 Å². The quantitative estimate of drug-likeness (QED) is 0.621. The SMILES string of the molecule is CC(c1ccc(F)c(F)c1)C(F)(F)F. The summed E-state index contributed by atoms with van der Waals surface area (Å²) in [4.78, 5) is 0. The first kappa shape index (κ1) is 10.9. The van der Waals surface area contributed by atoms with Crippen LogP contribution in [-0.4, -0.2) is 6.18 Å². The molecule has 0 fully saturated rings. The second-order valence-corrected chi connectivity index (χ2v) is 2.94. The third kappa shape index (κ3) is 2.21. The molecule has 0 nitrogen and oxygen atoms in total. The van der Waals surface area contributed by atoms with Gasteiger partial charge in [0.1, 0.15) is 0 Å². The number of hydrogen-bond acceptors (Lipinski definition) is 0. The van der Waals surface area contributed by atoms with Crippen LogP contribution in [0.4, 0.5) is 22.0 Å². The van der Waals surface area contributed by atoms with Crippen LogP contribution < -0.4 is 0 Å². The van der Waals surface area contributed by atoms with Gasteiger partial charge >= 0.3 is 6.18 Å². The summed E-state index contributed by atoms with van der Waals surface area (Å²) < 4.78 is 61.4. The average Bonchev–Trinajstić information content (AvgIpc) is 2.07.